The molecule has 11 heteroatoms. The van der Waals surface area contributed by atoms with Crippen LogP contribution in [0.2, 0.25) is 0 Å². The Bertz CT molecular complexity index is 1400. The van der Waals surface area contributed by atoms with Gasteiger partial charge < -0.3 is 24.4 Å². The molecule has 38 heavy (non-hydrogen) atoms. The number of anilines is 2. The normalized spacial score (nSPS) is 17.0. The van der Waals surface area contributed by atoms with Gasteiger partial charge in [-0.05, 0) is 39.0 Å². The number of rotatable bonds is 5. The van der Waals surface area contributed by atoms with Gasteiger partial charge >= 0.3 is 12.0 Å². The van der Waals surface area contributed by atoms with E-state index in [2.05, 4.69) is 21.2 Å². The van der Waals surface area contributed by atoms with Crippen molar-refractivity contribution in [2.24, 2.45) is 0 Å². The first-order valence-corrected chi connectivity index (χ1v) is 11.8. The molecule has 0 spiro atoms. The summed E-state index contributed by atoms with van der Waals surface area (Å²) < 4.78 is 61.3. The summed E-state index contributed by atoms with van der Waals surface area (Å²) in [6, 6.07) is 7.51. The number of likely N-dealkylation sites (tertiary alicyclic amines) is 1. The summed E-state index contributed by atoms with van der Waals surface area (Å²) in [4.78, 5) is 21.7. The molecule has 0 radical (unpaired) electrons. The molecule has 1 unspecified atom stereocenters. The van der Waals surface area contributed by atoms with E-state index in [-0.39, 0.29) is 41.5 Å². The van der Waals surface area contributed by atoms with Crippen LogP contribution in [0, 0.1) is 18.2 Å². The van der Waals surface area contributed by atoms with Crippen LogP contribution in [0.5, 0.6) is 11.5 Å². The van der Waals surface area contributed by atoms with Gasteiger partial charge in [-0.1, -0.05) is 12.0 Å². The van der Waals surface area contributed by atoms with Gasteiger partial charge in [-0.2, -0.15) is 0 Å². The molecule has 1 aromatic heterocycles. The van der Waals surface area contributed by atoms with Crippen LogP contribution in [0.4, 0.5) is 29.5 Å². The minimum absolute atomic E-state index is 0.0195. The Hall–Kier alpha value is -4.20. The summed E-state index contributed by atoms with van der Waals surface area (Å²) >= 11 is 0. The number of hydrogen-bond acceptors (Lipinski definition) is 7. The molecule has 1 N–H and O–H groups in total. The van der Waals surface area contributed by atoms with Crippen LogP contribution in [0.25, 0.3) is 10.9 Å². The van der Waals surface area contributed by atoms with Gasteiger partial charge in [0.2, 0.25) is 0 Å². The maximum atomic E-state index is 15.1. The number of benzene rings is 2. The Morgan fingerprint density at radius 2 is 2.00 bits per heavy atom. The van der Waals surface area contributed by atoms with Gasteiger partial charge in [0.05, 0.1) is 30.4 Å². The molecule has 4 rings (SSSR count). The zero-order valence-electron chi connectivity index (χ0n) is 21.3. The molecule has 1 saturated heterocycles. The molecular weight excluding hydrogens is 501 g/mol. The fourth-order valence-corrected chi connectivity index (χ4v) is 3.98. The van der Waals surface area contributed by atoms with Gasteiger partial charge in [-0.25, -0.2) is 27.9 Å². The highest BCUT2D eigenvalue weighted by molar-refractivity contribution is 5.93. The van der Waals surface area contributed by atoms with Gasteiger partial charge in [-0.15, -0.1) is 6.42 Å². The van der Waals surface area contributed by atoms with Crippen molar-refractivity contribution < 1.29 is 32.2 Å². The Kier molecular flexibility index (Phi) is 7.26. The van der Waals surface area contributed by atoms with Crippen molar-refractivity contribution in [2.45, 2.75) is 44.8 Å². The lowest BCUT2D eigenvalue weighted by atomic mass is 10.0. The van der Waals surface area contributed by atoms with Crippen molar-refractivity contribution in [3.63, 3.8) is 0 Å². The quantitative estimate of drug-likeness (QED) is 0.436. The molecule has 1 atom stereocenters. The smallest absolute Gasteiger partial charge is 0.410 e. The predicted molar refractivity (Wildman–Crippen MR) is 135 cm³/mol. The maximum Gasteiger partial charge on any atom is 0.410 e. The first kappa shape index (κ1) is 26.9. The number of piperidine rings is 1. The molecule has 3 aromatic rings. The molecule has 1 amide bonds. The summed E-state index contributed by atoms with van der Waals surface area (Å²) in [5.41, 5.74) is -0.248. The second-order valence-corrected chi connectivity index (χ2v) is 9.74. The molecule has 200 valence electrons. The zero-order valence-corrected chi connectivity index (χ0v) is 21.3. The van der Waals surface area contributed by atoms with Crippen molar-refractivity contribution in [3.05, 3.63) is 48.0 Å². The summed E-state index contributed by atoms with van der Waals surface area (Å²) in [6.45, 7) is 4.16. The number of hydrogen-bond donors (Lipinski definition) is 1. The molecular formula is C27H27F3N4O4. The third-order valence-electron chi connectivity index (χ3n) is 5.78. The van der Waals surface area contributed by atoms with E-state index in [0.717, 1.165) is 4.90 Å². The van der Waals surface area contributed by atoms with Crippen molar-refractivity contribution in [1.82, 2.24) is 14.9 Å². The largest absolute Gasteiger partial charge is 0.493 e. The second kappa shape index (κ2) is 10.3. The van der Waals surface area contributed by atoms with E-state index in [0.29, 0.717) is 10.9 Å². The topological polar surface area (TPSA) is 85.8 Å². The lowest BCUT2D eigenvalue weighted by Crippen LogP contribution is -2.56. The molecule has 0 bridgehead atoms. The van der Waals surface area contributed by atoms with E-state index in [9.17, 15) is 9.18 Å². The van der Waals surface area contributed by atoms with Crippen molar-refractivity contribution in [1.29, 1.82) is 0 Å². The number of amides is 1. The van der Waals surface area contributed by atoms with E-state index in [1.807, 2.05) is 0 Å². The van der Waals surface area contributed by atoms with Crippen LogP contribution in [0.15, 0.2) is 36.7 Å². The Labute approximate surface area is 218 Å². The van der Waals surface area contributed by atoms with Gasteiger partial charge in [0, 0.05) is 24.4 Å². The van der Waals surface area contributed by atoms with E-state index >= 15 is 8.78 Å². The van der Waals surface area contributed by atoms with Crippen LogP contribution < -0.4 is 14.8 Å². The third-order valence-corrected chi connectivity index (χ3v) is 5.78. The number of halogens is 3. The molecule has 1 aliphatic heterocycles. The van der Waals surface area contributed by atoms with Gasteiger partial charge in [0.15, 0.2) is 23.4 Å². The SMILES string of the molecule is C#Cc1cccc(Nc2ncnc3cc(OC)c(OC4CCN(C(=O)OC(C)(C)C)CC4(F)F)cc23)c1F. The third kappa shape index (κ3) is 5.69. The Morgan fingerprint density at radius 1 is 1.24 bits per heavy atom. The standard InChI is InChI=1S/C27H27F3N4O4/c1-6-16-8-7-9-18(23(16)28)33-24-17-12-21(20(36-5)13-19(17)31-15-32-24)37-22-10-11-34(14-27(22,29)30)25(35)38-26(2,3)4/h1,7-9,12-13,15,22H,10-11,14H2,2-5H3,(H,31,32,33). The van der Waals surface area contributed by atoms with Gasteiger partial charge in [0.1, 0.15) is 17.7 Å². The molecule has 0 saturated carbocycles. The lowest BCUT2D eigenvalue weighted by molar-refractivity contribution is -0.137. The number of nitrogens with one attached hydrogen (secondary N) is 1. The van der Waals surface area contributed by atoms with Crippen LogP contribution in [0.3, 0.4) is 0 Å². The summed E-state index contributed by atoms with van der Waals surface area (Å²) in [6.07, 6.45) is 4.13. The van der Waals surface area contributed by atoms with E-state index in [4.69, 9.17) is 20.6 Å². The highest BCUT2D eigenvalue weighted by Crippen LogP contribution is 2.39. The fraction of sp³-hybridized carbons (Fsp3) is 0.370. The number of alkyl halides is 2. The molecule has 1 fully saturated rings. The molecule has 1 aliphatic rings. The average Bonchev–Trinajstić information content (AvgIpc) is 2.85. The number of methoxy groups -OCH3 is 1. The van der Waals surface area contributed by atoms with E-state index in [1.54, 1.807) is 26.8 Å². The molecule has 2 heterocycles. The number of carbonyl (C=O) groups excluding carboxylic acids is 1. The monoisotopic (exact) mass is 528 g/mol. The number of carbonyl (C=O) groups is 1. The number of terminal acetylenes is 1. The predicted octanol–water partition coefficient (Wildman–Crippen LogP) is 5.53. The Morgan fingerprint density at radius 3 is 2.66 bits per heavy atom. The minimum Gasteiger partial charge on any atom is -0.493 e. The first-order valence-electron chi connectivity index (χ1n) is 11.8. The second-order valence-electron chi connectivity index (χ2n) is 9.74. The van der Waals surface area contributed by atoms with Crippen LogP contribution in [-0.2, 0) is 4.74 Å². The fourth-order valence-electron chi connectivity index (χ4n) is 3.98. The summed E-state index contributed by atoms with van der Waals surface area (Å²) in [7, 11) is 1.37. The number of fused-ring (bicyclic) bond motifs is 1. The number of nitrogens with zero attached hydrogens (tertiary/aromatic N) is 3. The molecule has 2 aromatic carbocycles. The summed E-state index contributed by atoms with van der Waals surface area (Å²) in [5, 5.41) is 3.27. The highest BCUT2D eigenvalue weighted by Gasteiger charge is 2.48. The van der Waals surface area contributed by atoms with Crippen molar-refractivity contribution in [2.75, 3.05) is 25.5 Å². The summed E-state index contributed by atoms with van der Waals surface area (Å²) in [5.74, 6) is -1.34. The average molecular weight is 529 g/mol. The van der Waals surface area contributed by atoms with Gasteiger partial charge in [0.25, 0.3) is 0 Å². The molecule has 0 aliphatic carbocycles. The van der Waals surface area contributed by atoms with E-state index in [1.165, 1.54) is 37.7 Å². The molecule has 8 nitrogen and oxygen atoms in total. The maximum absolute atomic E-state index is 15.1. The highest BCUT2D eigenvalue weighted by atomic mass is 19.3. The first-order chi connectivity index (χ1) is 17.9. The van der Waals surface area contributed by atoms with Crippen LogP contribution >= 0.6 is 0 Å². The van der Waals surface area contributed by atoms with E-state index < -0.39 is 36.1 Å². The van der Waals surface area contributed by atoms with Gasteiger partial charge in [-0.3, -0.25) is 0 Å². The van der Waals surface area contributed by atoms with Crippen LogP contribution in [0.1, 0.15) is 32.8 Å². The Balaban J connectivity index is 1.62. The minimum atomic E-state index is -3.37. The van der Waals surface area contributed by atoms with Crippen LogP contribution in [-0.4, -0.2) is 58.8 Å². The van der Waals surface area contributed by atoms with Crippen molar-refractivity contribution >= 4 is 28.5 Å². The lowest BCUT2D eigenvalue weighted by Gasteiger charge is -2.38. The van der Waals surface area contributed by atoms with Crippen molar-refractivity contribution in [3.8, 4) is 23.8 Å². The number of ether oxygens (including phenoxy) is 3. The number of aromatic nitrogens is 2. The zero-order chi connectivity index (χ0) is 27.7.